The summed E-state index contributed by atoms with van der Waals surface area (Å²) in [6.07, 6.45) is -0.100. The van der Waals surface area contributed by atoms with Gasteiger partial charge in [-0.15, -0.1) is 0 Å². The number of rotatable bonds is 3. The third kappa shape index (κ3) is 2.93. The van der Waals surface area contributed by atoms with Gasteiger partial charge in [-0.25, -0.2) is 4.39 Å². The second-order valence-corrected chi connectivity index (χ2v) is 4.06. The minimum absolute atomic E-state index is 0.100. The molecule has 0 aliphatic carbocycles. The van der Waals surface area contributed by atoms with Crippen molar-refractivity contribution in [3.8, 4) is 0 Å². The van der Waals surface area contributed by atoms with Gasteiger partial charge in [-0.05, 0) is 36.1 Å². The summed E-state index contributed by atoms with van der Waals surface area (Å²) in [5.74, 6) is -1.69. The van der Waals surface area contributed by atoms with Crippen molar-refractivity contribution in [3.63, 3.8) is 0 Å². The summed E-state index contributed by atoms with van der Waals surface area (Å²) < 4.78 is 13.6. The highest BCUT2D eigenvalue weighted by Gasteiger charge is 2.16. The molecule has 2 nitrogen and oxygen atoms in total. The zero-order valence-electron chi connectivity index (χ0n) is 8.55. The number of carboxylic acids is 1. The molecule has 0 saturated carbocycles. The number of hydrogen-bond acceptors (Lipinski definition) is 1. The van der Waals surface area contributed by atoms with Crippen LogP contribution in [0.15, 0.2) is 12.1 Å². The predicted octanol–water partition coefficient (Wildman–Crippen LogP) is 3.37. The molecular formula is C11H12ClFO2. The largest absolute Gasteiger partial charge is 0.481 e. The molecule has 0 aromatic heterocycles. The summed E-state index contributed by atoms with van der Waals surface area (Å²) >= 11 is 5.79. The molecule has 0 aliphatic heterocycles. The van der Waals surface area contributed by atoms with Crippen molar-refractivity contribution in [1.82, 2.24) is 0 Å². The number of carboxylic acid groups (broad SMARTS) is 1. The van der Waals surface area contributed by atoms with Crippen molar-refractivity contribution in [1.29, 1.82) is 0 Å². The van der Waals surface area contributed by atoms with Gasteiger partial charge in [0.05, 0.1) is 6.42 Å². The van der Waals surface area contributed by atoms with E-state index in [2.05, 4.69) is 0 Å². The molecule has 82 valence electrons. The van der Waals surface area contributed by atoms with Gasteiger partial charge in [0.1, 0.15) is 5.82 Å². The summed E-state index contributed by atoms with van der Waals surface area (Å²) in [5, 5.41) is 9.05. The zero-order chi connectivity index (χ0) is 11.6. The molecule has 0 radical (unpaired) electrons. The smallest absolute Gasteiger partial charge is 0.303 e. The lowest BCUT2D eigenvalue weighted by Gasteiger charge is -2.12. The molecule has 1 unspecified atom stereocenters. The lowest BCUT2D eigenvalue weighted by atomic mass is 9.95. The van der Waals surface area contributed by atoms with Gasteiger partial charge in [0, 0.05) is 5.02 Å². The van der Waals surface area contributed by atoms with E-state index in [-0.39, 0.29) is 18.2 Å². The van der Waals surface area contributed by atoms with Crippen LogP contribution >= 0.6 is 11.6 Å². The van der Waals surface area contributed by atoms with Crippen molar-refractivity contribution < 1.29 is 14.3 Å². The van der Waals surface area contributed by atoms with Crippen molar-refractivity contribution >= 4 is 17.6 Å². The van der Waals surface area contributed by atoms with E-state index >= 15 is 0 Å². The second kappa shape index (κ2) is 4.62. The maximum absolute atomic E-state index is 13.6. The van der Waals surface area contributed by atoms with Crippen LogP contribution in [0, 0.1) is 12.7 Å². The number of aryl methyl sites for hydroxylation is 1. The molecule has 0 heterocycles. The zero-order valence-corrected chi connectivity index (χ0v) is 9.31. The summed E-state index contributed by atoms with van der Waals surface area (Å²) in [4.78, 5) is 10.5. The van der Waals surface area contributed by atoms with Crippen LogP contribution in [0.4, 0.5) is 4.39 Å². The summed E-state index contributed by atoms with van der Waals surface area (Å²) in [6, 6.07) is 3.01. The Balaban J connectivity index is 3.07. The SMILES string of the molecule is Cc1cc(Cl)cc(C(C)CC(=O)O)c1F. The first-order chi connectivity index (χ1) is 6.91. The topological polar surface area (TPSA) is 37.3 Å². The average molecular weight is 231 g/mol. The van der Waals surface area contributed by atoms with E-state index < -0.39 is 5.97 Å². The fourth-order valence-corrected chi connectivity index (χ4v) is 1.76. The Morgan fingerprint density at radius 2 is 2.20 bits per heavy atom. The van der Waals surface area contributed by atoms with Gasteiger partial charge in [-0.2, -0.15) is 0 Å². The highest BCUT2D eigenvalue weighted by molar-refractivity contribution is 6.30. The first-order valence-electron chi connectivity index (χ1n) is 4.59. The maximum Gasteiger partial charge on any atom is 0.303 e. The van der Waals surface area contributed by atoms with E-state index in [4.69, 9.17) is 16.7 Å². The van der Waals surface area contributed by atoms with Crippen LogP contribution in [0.5, 0.6) is 0 Å². The molecule has 1 aromatic rings. The van der Waals surface area contributed by atoms with Crippen molar-refractivity contribution in [3.05, 3.63) is 34.1 Å². The van der Waals surface area contributed by atoms with Gasteiger partial charge in [-0.1, -0.05) is 18.5 Å². The Hall–Kier alpha value is -1.09. The van der Waals surface area contributed by atoms with Crippen LogP contribution in [0.25, 0.3) is 0 Å². The molecule has 1 aromatic carbocycles. The lowest BCUT2D eigenvalue weighted by molar-refractivity contribution is -0.137. The van der Waals surface area contributed by atoms with E-state index in [0.717, 1.165) is 0 Å². The number of benzene rings is 1. The summed E-state index contributed by atoms with van der Waals surface area (Å²) in [6.45, 7) is 3.28. The third-order valence-electron chi connectivity index (χ3n) is 2.26. The van der Waals surface area contributed by atoms with Gasteiger partial charge in [-0.3, -0.25) is 4.79 Å². The third-order valence-corrected chi connectivity index (χ3v) is 2.48. The van der Waals surface area contributed by atoms with Crippen LogP contribution in [0.3, 0.4) is 0 Å². The van der Waals surface area contributed by atoms with Crippen molar-refractivity contribution in [2.24, 2.45) is 0 Å². The van der Waals surface area contributed by atoms with Gasteiger partial charge >= 0.3 is 5.97 Å². The van der Waals surface area contributed by atoms with Crippen molar-refractivity contribution in [2.45, 2.75) is 26.2 Å². The summed E-state index contributed by atoms with van der Waals surface area (Å²) in [7, 11) is 0. The van der Waals surface area contributed by atoms with Gasteiger partial charge in [0.2, 0.25) is 0 Å². The highest BCUT2D eigenvalue weighted by Crippen LogP contribution is 2.27. The normalized spacial score (nSPS) is 12.5. The Bertz CT molecular complexity index is 390. The Morgan fingerprint density at radius 1 is 1.60 bits per heavy atom. The summed E-state index contributed by atoms with van der Waals surface area (Å²) in [5.41, 5.74) is 0.803. The first kappa shape index (κ1) is 12.0. The van der Waals surface area contributed by atoms with Crippen LogP contribution in [-0.2, 0) is 4.79 Å². The number of carbonyl (C=O) groups is 1. The van der Waals surface area contributed by atoms with Gasteiger partial charge in [0.15, 0.2) is 0 Å². The molecule has 0 amide bonds. The number of aliphatic carboxylic acids is 1. The molecule has 0 bridgehead atoms. The lowest BCUT2D eigenvalue weighted by Crippen LogP contribution is -2.05. The Morgan fingerprint density at radius 3 is 2.73 bits per heavy atom. The van der Waals surface area contributed by atoms with Gasteiger partial charge in [0.25, 0.3) is 0 Å². The fraction of sp³-hybridized carbons (Fsp3) is 0.364. The molecule has 0 saturated heterocycles. The van der Waals surface area contributed by atoms with Crippen LogP contribution < -0.4 is 0 Å². The monoisotopic (exact) mass is 230 g/mol. The molecule has 0 aliphatic rings. The minimum Gasteiger partial charge on any atom is -0.481 e. The number of halogens is 2. The molecule has 1 N–H and O–H groups in total. The standard InChI is InChI=1S/C11H12ClFO2/c1-6(4-10(14)15)9-5-8(12)3-7(2)11(9)13/h3,5-6H,4H2,1-2H3,(H,14,15). The Labute approximate surface area is 92.7 Å². The molecule has 4 heteroatoms. The quantitative estimate of drug-likeness (QED) is 0.865. The van der Waals surface area contributed by atoms with E-state index in [1.165, 1.54) is 12.1 Å². The molecule has 0 spiro atoms. The van der Waals surface area contributed by atoms with E-state index in [1.54, 1.807) is 13.8 Å². The molecule has 0 fully saturated rings. The van der Waals surface area contributed by atoms with E-state index in [1.807, 2.05) is 0 Å². The van der Waals surface area contributed by atoms with Crippen LogP contribution in [-0.4, -0.2) is 11.1 Å². The molecule has 1 rings (SSSR count). The fourth-order valence-electron chi connectivity index (χ4n) is 1.48. The van der Waals surface area contributed by atoms with Crippen molar-refractivity contribution in [2.75, 3.05) is 0 Å². The predicted molar refractivity (Wildman–Crippen MR) is 56.8 cm³/mol. The van der Waals surface area contributed by atoms with Gasteiger partial charge < -0.3 is 5.11 Å². The van der Waals surface area contributed by atoms with E-state index in [9.17, 15) is 9.18 Å². The van der Waals surface area contributed by atoms with Crippen LogP contribution in [0.2, 0.25) is 5.02 Å². The Kier molecular flexibility index (Phi) is 3.69. The van der Waals surface area contributed by atoms with Crippen LogP contribution in [0.1, 0.15) is 30.4 Å². The molecule has 15 heavy (non-hydrogen) atoms. The maximum atomic E-state index is 13.6. The highest BCUT2D eigenvalue weighted by atomic mass is 35.5. The molecule has 1 atom stereocenters. The second-order valence-electron chi connectivity index (χ2n) is 3.62. The minimum atomic E-state index is -0.945. The van der Waals surface area contributed by atoms with E-state index in [0.29, 0.717) is 16.1 Å². The molecular weight excluding hydrogens is 219 g/mol. The number of hydrogen-bond donors (Lipinski definition) is 1. The average Bonchev–Trinajstić information content (AvgIpc) is 2.09. The first-order valence-corrected chi connectivity index (χ1v) is 4.97.